The Morgan fingerprint density at radius 3 is 2.55 bits per heavy atom. The normalized spacial score (nSPS) is 12.2. The van der Waals surface area contributed by atoms with Crippen LogP contribution in [0.25, 0.3) is 0 Å². The molecule has 0 saturated carbocycles. The van der Waals surface area contributed by atoms with Gasteiger partial charge in [-0.2, -0.15) is 0 Å². The number of aliphatic hydroxyl groups excluding tert-OH is 1. The molecule has 0 fully saturated rings. The predicted octanol–water partition coefficient (Wildman–Crippen LogP) is 3.56. The molecule has 0 amide bonds. The van der Waals surface area contributed by atoms with Crippen molar-refractivity contribution >= 4 is 0 Å². The fourth-order valence-electron chi connectivity index (χ4n) is 2.10. The van der Waals surface area contributed by atoms with Crippen LogP contribution < -0.4 is 4.74 Å². The van der Waals surface area contributed by atoms with E-state index in [1.54, 1.807) is 12.1 Å². The number of hydrogen-bond acceptors (Lipinski definition) is 2. The van der Waals surface area contributed by atoms with E-state index in [2.05, 4.69) is 0 Å². The number of aryl methyl sites for hydroxylation is 1. The summed E-state index contributed by atoms with van der Waals surface area (Å²) in [7, 11) is 1.52. The van der Waals surface area contributed by atoms with E-state index >= 15 is 0 Å². The maximum atomic E-state index is 13.6. The Balaban J connectivity index is 2.25. The Kier molecular flexibility index (Phi) is 4.35. The second-order valence-electron chi connectivity index (χ2n) is 4.70. The third kappa shape index (κ3) is 3.14. The van der Waals surface area contributed by atoms with Gasteiger partial charge < -0.3 is 9.84 Å². The highest BCUT2D eigenvalue weighted by atomic mass is 19.1. The zero-order valence-electron chi connectivity index (χ0n) is 11.4. The van der Waals surface area contributed by atoms with Crippen molar-refractivity contribution in [3.8, 4) is 5.75 Å². The lowest BCUT2D eigenvalue weighted by Gasteiger charge is -2.16. The van der Waals surface area contributed by atoms with E-state index < -0.39 is 17.7 Å². The lowest BCUT2D eigenvalue weighted by molar-refractivity contribution is 0.172. The summed E-state index contributed by atoms with van der Waals surface area (Å²) in [5.74, 6) is -0.733. The lowest BCUT2D eigenvalue weighted by Crippen LogP contribution is -2.06. The first-order valence-corrected chi connectivity index (χ1v) is 6.28. The zero-order chi connectivity index (χ0) is 14.7. The highest BCUT2D eigenvalue weighted by Crippen LogP contribution is 2.29. The topological polar surface area (TPSA) is 29.5 Å². The Morgan fingerprint density at radius 1 is 1.15 bits per heavy atom. The number of benzene rings is 2. The van der Waals surface area contributed by atoms with Crippen LogP contribution in [0.3, 0.4) is 0 Å². The van der Waals surface area contributed by atoms with Gasteiger partial charge in [-0.1, -0.05) is 18.2 Å². The maximum absolute atomic E-state index is 13.6. The van der Waals surface area contributed by atoms with E-state index in [0.29, 0.717) is 11.3 Å². The minimum atomic E-state index is -0.912. The monoisotopic (exact) mass is 278 g/mol. The molecule has 0 aliphatic heterocycles. The summed E-state index contributed by atoms with van der Waals surface area (Å²) in [6.07, 6.45) is -0.851. The van der Waals surface area contributed by atoms with Crippen LogP contribution in [0, 0.1) is 18.6 Å². The van der Waals surface area contributed by atoms with Crippen molar-refractivity contribution in [1.29, 1.82) is 0 Å². The van der Waals surface area contributed by atoms with Crippen molar-refractivity contribution in [3.05, 3.63) is 64.7 Å². The summed E-state index contributed by atoms with van der Waals surface area (Å²) in [4.78, 5) is 0. The summed E-state index contributed by atoms with van der Waals surface area (Å²) < 4.78 is 31.7. The molecule has 0 aromatic heterocycles. The Hall–Kier alpha value is -1.94. The molecule has 2 aromatic rings. The van der Waals surface area contributed by atoms with Crippen molar-refractivity contribution in [2.24, 2.45) is 0 Å². The first-order chi connectivity index (χ1) is 9.51. The van der Waals surface area contributed by atoms with Gasteiger partial charge in [0, 0.05) is 18.1 Å². The van der Waals surface area contributed by atoms with Crippen LogP contribution >= 0.6 is 0 Å². The van der Waals surface area contributed by atoms with Crippen LogP contribution in [0.4, 0.5) is 8.78 Å². The molecule has 20 heavy (non-hydrogen) atoms. The predicted molar refractivity (Wildman–Crippen MR) is 72.8 cm³/mol. The average Bonchev–Trinajstić information content (AvgIpc) is 2.41. The lowest BCUT2D eigenvalue weighted by atomic mass is 9.99. The molecule has 2 rings (SSSR count). The quantitative estimate of drug-likeness (QED) is 0.926. The third-order valence-electron chi connectivity index (χ3n) is 3.18. The number of halogens is 2. The van der Waals surface area contributed by atoms with Crippen LogP contribution in [0.5, 0.6) is 5.75 Å². The van der Waals surface area contributed by atoms with Gasteiger partial charge in [0.15, 0.2) is 0 Å². The molecular weight excluding hydrogens is 262 g/mol. The molecule has 2 aromatic carbocycles. The van der Waals surface area contributed by atoms with Gasteiger partial charge in [-0.25, -0.2) is 8.78 Å². The maximum Gasteiger partial charge on any atom is 0.129 e. The van der Waals surface area contributed by atoms with Crippen LogP contribution in [-0.2, 0) is 6.42 Å². The standard InChI is InChI=1S/C16H16F2O2/c1-10-3-6-13(16(7-10)20-2)15(19)8-11-4-5-12(17)9-14(11)18/h3-7,9,15,19H,8H2,1-2H3. The highest BCUT2D eigenvalue weighted by Gasteiger charge is 2.16. The minimum absolute atomic E-state index is 0.0610. The van der Waals surface area contributed by atoms with Crippen molar-refractivity contribution in [2.45, 2.75) is 19.4 Å². The number of hydrogen-bond donors (Lipinski definition) is 1. The van der Waals surface area contributed by atoms with Crippen molar-refractivity contribution in [2.75, 3.05) is 7.11 Å². The summed E-state index contributed by atoms with van der Waals surface area (Å²) >= 11 is 0. The van der Waals surface area contributed by atoms with Gasteiger partial charge >= 0.3 is 0 Å². The van der Waals surface area contributed by atoms with E-state index in [9.17, 15) is 13.9 Å². The molecule has 0 saturated heterocycles. The molecular formula is C16H16F2O2. The first-order valence-electron chi connectivity index (χ1n) is 6.28. The van der Waals surface area contributed by atoms with Gasteiger partial charge in [0.25, 0.3) is 0 Å². The van der Waals surface area contributed by atoms with Gasteiger partial charge in [0.2, 0.25) is 0 Å². The fraction of sp³-hybridized carbons (Fsp3) is 0.250. The van der Waals surface area contributed by atoms with E-state index in [-0.39, 0.29) is 12.0 Å². The molecule has 0 aliphatic carbocycles. The second kappa shape index (κ2) is 6.01. The zero-order valence-corrected chi connectivity index (χ0v) is 11.4. The van der Waals surface area contributed by atoms with Crippen LogP contribution in [0.2, 0.25) is 0 Å². The van der Waals surface area contributed by atoms with Gasteiger partial charge in [-0.15, -0.1) is 0 Å². The van der Waals surface area contributed by atoms with Crippen LogP contribution in [-0.4, -0.2) is 12.2 Å². The summed E-state index contributed by atoms with van der Waals surface area (Å²) in [5, 5.41) is 10.2. The molecule has 2 nitrogen and oxygen atoms in total. The van der Waals surface area contributed by atoms with Crippen LogP contribution in [0.15, 0.2) is 36.4 Å². The first kappa shape index (κ1) is 14.5. The summed E-state index contributed by atoms with van der Waals surface area (Å²) in [5.41, 5.74) is 1.86. The van der Waals surface area contributed by atoms with E-state index in [1.165, 1.54) is 19.2 Å². The molecule has 4 heteroatoms. The molecule has 0 heterocycles. The Labute approximate surface area is 116 Å². The van der Waals surface area contributed by atoms with Gasteiger partial charge in [-0.3, -0.25) is 0 Å². The minimum Gasteiger partial charge on any atom is -0.496 e. The average molecular weight is 278 g/mol. The second-order valence-corrected chi connectivity index (χ2v) is 4.70. The van der Waals surface area contributed by atoms with Crippen molar-refractivity contribution in [3.63, 3.8) is 0 Å². The largest absolute Gasteiger partial charge is 0.496 e. The molecule has 0 aliphatic rings. The van der Waals surface area contributed by atoms with Gasteiger partial charge in [-0.05, 0) is 30.2 Å². The number of aliphatic hydroxyl groups is 1. The van der Waals surface area contributed by atoms with Crippen molar-refractivity contribution in [1.82, 2.24) is 0 Å². The number of ether oxygens (including phenoxy) is 1. The summed E-state index contributed by atoms with van der Waals surface area (Å²) in [6.45, 7) is 1.92. The Bertz CT molecular complexity index is 611. The van der Waals surface area contributed by atoms with Gasteiger partial charge in [0.05, 0.1) is 13.2 Å². The van der Waals surface area contributed by atoms with Crippen molar-refractivity contribution < 1.29 is 18.6 Å². The smallest absolute Gasteiger partial charge is 0.129 e. The fourth-order valence-corrected chi connectivity index (χ4v) is 2.10. The third-order valence-corrected chi connectivity index (χ3v) is 3.18. The van der Waals surface area contributed by atoms with Crippen LogP contribution in [0.1, 0.15) is 22.8 Å². The number of methoxy groups -OCH3 is 1. The summed E-state index contributed by atoms with van der Waals surface area (Å²) in [6, 6.07) is 8.74. The Morgan fingerprint density at radius 2 is 1.90 bits per heavy atom. The van der Waals surface area contributed by atoms with E-state index in [0.717, 1.165) is 11.6 Å². The number of rotatable bonds is 4. The molecule has 1 atom stereocenters. The molecule has 0 radical (unpaired) electrons. The SMILES string of the molecule is COc1cc(C)ccc1C(O)Cc1ccc(F)cc1F. The molecule has 0 spiro atoms. The van der Waals surface area contributed by atoms with E-state index in [1.807, 2.05) is 13.0 Å². The molecule has 0 bridgehead atoms. The molecule has 106 valence electrons. The van der Waals surface area contributed by atoms with Gasteiger partial charge in [0.1, 0.15) is 17.4 Å². The van der Waals surface area contributed by atoms with E-state index in [4.69, 9.17) is 4.74 Å². The molecule has 1 unspecified atom stereocenters. The molecule has 1 N–H and O–H groups in total. The highest BCUT2D eigenvalue weighted by molar-refractivity contribution is 5.39.